The first-order valence-electron chi connectivity index (χ1n) is 7.28. The fraction of sp³-hybridized carbons (Fsp3) is 0.625. The van der Waals surface area contributed by atoms with E-state index in [2.05, 4.69) is 30.4 Å². The minimum atomic E-state index is 0.162. The molecule has 19 heavy (non-hydrogen) atoms. The number of benzene rings is 1. The molecule has 1 N–H and O–H groups in total. The molecule has 3 heteroatoms. The third kappa shape index (κ3) is 2.75. The van der Waals surface area contributed by atoms with E-state index < -0.39 is 0 Å². The molecule has 1 unspecified atom stereocenters. The molecular formula is C16H22ClNO. The Morgan fingerprint density at radius 3 is 2.89 bits per heavy atom. The minimum absolute atomic E-state index is 0.162. The summed E-state index contributed by atoms with van der Waals surface area (Å²) in [5.41, 5.74) is 2.82. The van der Waals surface area contributed by atoms with Crippen LogP contribution in [-0.2, 0) is 6.42 Å². The summed E-state index contributed by atoms with van der Waals surface area (Å²) in [5, 5.41) is 3.68. The third-order valence-corrected chi connectivity index (χ3v) is 4.99. The monoisotopic (exact) mass is 279 g/mol. The van der Waals surface area contributed by atoms with Crippen molar-refractivity contribution in [3.05, 3.63) is 29.3 Å². The van der Waals surface area contributed by atoms with Crippen molar-refractivity contribution in [3.8, 4) is 5.75 Å². The van der Waals surface area contributed by atoms with E-state index in [1.807, 2.05) is 0 Å². The van der Waals surface area contributed by atoms with Crippen molar-refractivity contribution >= 4 is 11.6 Å². The molecule has 0 radical (unpaired) electrons. The first-order chi connectivity index (χ1) is 9.21. The molecule has 0 bridgehead atoms. The van der Waals surface area contributed by atoms with E-state index in [0.717, 1.165) is 18.7 Å². The summed E-state index contributed by atoms with van der Waals surface area (Å²) >= 11 is 6.16. The number of rotatable bonds is 4. The molecule has 0 aromatic heterocycles. The minimum Gasteiger partial charge on any atom is -0.488 e. The second-order valence-corrected chi connectivity index (χ2v) is 6.32. The van der Waals surface area contributed by atoms with E-state index in [9.17, 15) is 0 Å². The van der Waals surface area contributed by atoms with Gasteiger partial charge in [0.15, 0.2) is 0 Å². The molecular weight excluding hydrogens is 258 g/mol. The van der Waals surface area contributed by atoms with Gasteiger partial charge < -0.3 is 10.1 Å². The van der Waals surface area contributed by atoms with Crippen LogP contribution in [0.3, 0.4) is 0 Å². The Morgan fingerprint density at radius 1 is 1.37 bits per heavy atom. The molecule has 1 saturated carbocycles. The molecule has 0 amide bonds. The van der Waals surface area contributed by atoms with Gasteiger partial charge in [-0.1, -0.05) is 30.5 Å². The summed E-state index contributed by atoms with van der Waals surface area (Å²) in [6, 6.07) is 6.45. The predicted molar refractivity (Wildman–Crippen MR) is 79.2 cm³/mol. The van der Waals surface area contributed by atoms with Gasteiger partial charge in [-0.3, -0.25) is 0 Å². The van der Waals surface area contributed by atoms with Gasteiger partial charge in [-0.25, -0.2) is 0 Å². The van der Waals surface area contributed by atoms with Gasteiger partial charge in [-0.05, 0) is 31.4 Å². The van der Waals surface area contributed by atoms with Crippen LogP contribution in [0.5, 0.6) is 5.75 Å². The van der Waals surface area contributed by atoms with Gasteiger partial charge in [-0.2, -0.15) is 0 Å². The molecule has 2 aliphatic rings. The molecule has 1 aromatic carbocycles. The number of nitrogens with one attached hydrogen (secondary N) is 1. The highest BCUT2D eigenvalue weighted by Gasteiger charge is 2.34. The molecule has 1 aromatic rings. The Bertz CT molecular complexity index is 454. The number of alkyl halides is 1. The van der Waals surface area contributed by atoms with Crippen LogP contribution in [0.4, 0.5) is 0 Å². The first-order valence-corrected chi connectivity index (χ1v) is 7.81. The second kappa shape index (κ2) is 5.34. The van der Waals surface area contributed by atoms with Gasteiger partial charge in [0.25, 0.3) is 0 Å². The molecule has 1 fully saturated rings. The van der Waals surface area contributed by atoms with E-state index in [-0.39, 0.29) is 11.6 Å². The molecule has 1 aliphatic heterocycles. The summed E-state index contributed by atoms with van der Waals surface area (Å²) in [6.45, 7) is 3.04. The Hall–Kier alpha value is -0.730. The summed E-state index contributed by atoms with van der Waals surface area (Å²) < 4.78 is 6.01. The number of fused-ring (bicyclic) bond motifs is 1. The maximum Gasteiger partial charge on any atom is 0.123 e. The number of halogens is 1. The standard InChI is InChI=1S/C16H22ClNO/c1-12-4-5-15-13(8-12)9-14(19-15)10-18-16(11-17)6-2-3-7-16/h4-5,8,14,18H,2-3,6-7,9-11H2,1H3. The molecule has 0 saturated heterocycles. The molecule has 1 atom stereocenters. The van der Waals surface area contributed by atoms with Crippen molar-refractivity contribution < 1.29 is 4.74 Å². The van der Waals surface area contributed by atoms with Crippen molar-refractivity contribution in [2.75, 3.05) is 12.4 Å². The van der Waals surface area contributed by atoms with Gasteiger partial charge in [0.05, 0.1) is 0 Å². The van der Waals surface area contributed by atoms with Crippen molar-refractivity contribution in [2.24, 2.45) is 0 Å². The molecule has 104 valence electrons. The Morgan fingerprint density at radius 2 is 2.16 bits per heavy atom. The largest absolute Gasteiger partial charge is 0.488 e. The van der Waals surface area contributed by atoms with Crippen LogP contribution in [0.15, 0.2) is 18.2 Å². The highest BCUT2D eigenvalue weighted by Crippen LogP contribution is 2.32. The normalized spacial score (nSPS) is 24.2. The lowest BCUT2D eigenvalue weighted by Gasteiger charge is -2.29. The van der Waals surface area contributed by atoms with E-state index >= 15 is 0 Å². The van der Waals surface area contributed by atoms with E-state index in [1.54, 1.807) is 0 Å². The second-order valence-electron chi connectivity index (χ2n) is 6.06. The number of ether oxygens (including phenoxy) is 1. The van der Waals surface area contributed by atoms with Crippen LogP contribution < -0.4 is 10.1 Å². The topological polar surface area (TPSA) is 21.3 Å². The van der Waals surface area contributed by atoms with Crippen molar-refractivity contribution in [1.82, 2.24) is 5.32 Å². The summed E-state index contributed by atoms with van der Waals surface area (Å²) in [7, 11) is 0. The summed E-state index contributed by atoms with van der Waals surface area (Å²) in [6.07, 6.45) is 6.28. The van der Waals surface area contributed by atoms with Gasteiger partial charge in [0.2, 0.25) is 0 Å². The number of hydrogen-bond acceptors (Lipinski definition) is 2. The van der Waals surface area contributed by atoms with Crippen LogP contribution in [0, 0.1) is 6.92 Å². The number of hydrogen-bond donors (Lipinski definition) is 1. The van der Waals surface area contributed by atoms with Crippen LogP contribution in [0.25, 0.3) is 0 Å². The van der Waals surface area contributed by atoms with Crippen LogP contribution >= 0.6 is 11.6 Å². The van der Waals surface area contributed by atoms with Crippen molar-refractivity contribution in [2.45, 2.75) is 50.7 Å². The third-order valence-electron chi connectivity index (χ3n) is 4.48. The average Bonchev–Trinajstić information content (AvgIpc) is 3.02. The van der Waals surface area contributed by atoms with E-state index in [1.165, 1.54) is 36.8 Å². The summed E-state index contributed by atoms with van der Waals surface area (Å²) in [4.78, 5) is 0. The van der Waals surface area contributed by atoms with E-state index in [0.29, 0.717) is 5.88 Å². The fourth-order valence-corrected chi connectivity index (χ4v) is 3.66. The predicted octanol–water partition coefficient (Wildman–Crippen LogP) is 3.44. The molecule has 1 heterocycles. The maximum atomic E-state index is 6.16. The van der Waals surface area contributed by atoms with Gasteiger partial charge in [0.1, 0.15) is 11.9 Å². The molecule has 1 aliphatic carbocycles. The Labute approximate surface area is 120 Å². The van der Waals surface area contributed by atoms with Crippen molar-refractivity contribution in [3.63, 3.8) is 0 Å². The molecule has 2 nitrogen and oxygen atoms in total. The lowest BCUT2D eigenvalue weighted by Crippen LogP contribution is -2.48. The van der Waals surface area contributed by atoms with Crippen LogP contribution in [0.2, 0.25) is 0 Å². The average molecular weight is 280 g/mol. The smallest absolute Gasteiger partial charge is 0.123 e. The zero-order valence-corrected chi connectivity index (χ0v) is 12.3. The zero-order chi connectivity index (χ0) is 13.3. The lowest BCUT2D eigenvalue weighted by molar-refractivity contribution is 0.206. The van der Waals surface area contributed by atoms with Gasteiger partial charge >= 0.3 is 0 Å². The maximum absolute atomic E-state index is 6.16. The SMILES string of the molecule is Cc1ccc2c(c1)CC(CNC1(CCl)CCCC1)O2. The highest BCUT2D eigenvalue weighted by molar-refractivity contribution is 6.18. The van der Waals surface area contributed by atoms with Crippen molar-refractivity contribution in [1.29, 1.82) is 0 Å². The van der Waals surface area contributed by atoms with E-state index in [4.69, 9.17) is 16.3 Å². The number of aryl methyl sites for hydroxylation is 1. The summed E-state index contributed by atoms with van der Waals surface area (Å²) in [5.74, 6) is 1.77. The zero-order valence-electron chi connectivity index (χ0n) is 11.5. The van der Waals surface area contributed by atoms with Gasteiger partial charge in [0, 0.05) is 24.4 Å². The first kappa shape index (κ1) is 13.3. The molecule has 3 rings (SSSR count). The lowest BCUT2D eigenvalue weighted by atomic mass is 9.99. The fourth-order valence-electron chi connectivity index (χ4n) is 3.30. The Kier molecular flexibility index (Phi) is 3.72. The van der Waals surface area contributed by atoms with Crippen LogP contribution in [0.1, 0.15) is 36.8 Å². The quantitative estimate of drug-likeness (QED) is 0.853. The Balaban J connectivity index is 1.58. The highest BCUT2D eigenvalue weighted by atomic mass is 35.5. The molecule has 0 spiro atoms. The van der Waals surface area contributed by atoms with Crippen LogP contribution in [-0.4, -0.2) is 24.1 Å². The van der Waals surface area contributed by atoms with Gasteiger partial charge in [-0.15, -0.1) is 11.6 Å².